The van der Waals surface area contributed by atoms with Crippen LogP contribution in [-0.4, -0.2) is 40.5 Å². The van der Waals surface area contributed by atoms with Crippen molar-refractivity contribution < 1.29 is 37.4 Å². The first-order valence-electron chi connectivity index (χ1n) is 13.8. The Bertz CT molecular complexity index is 1680. The summed E-state index contributed by atoms with van der Waals surface area (Å²) in [7, 11) is 1.18. The van der Waals surface area contributed by atoms with Crippen LogP contribution in [-0.2, 0) is 14.3 Å². The molecule has 4 aromatic rings. The molecule has 1 aromatic heterocycles. The van der Waals surface area contributed by atoms with Gasteiger partial charge in [0.2, 0.25) is 0 Å². The summed E-state index contributed by atoms with van der Waals surface area (Å²) in [6.45, 7) is 3.66. The van der Waals surface area contributed by atoms with Crippen LogP contribution >= 0.6 is 0 Å². The van der Waals surface area contributed by atoms with E-state index < -0.39 is 41.2 Å². The average molecular weight is 605 g/mol. The second-order valence-electron chi connectivity index (χ2n) is 10.4. The first-order valence-corrected chi connectivity index (χ1v) is 13.8. The van der Waals surface area contributed by atoms with Crippen LogP contribution in [0.25, 0.3) is 28.3 Å². The van der Waals surface area contributed by atoms with Crippen molar-refractivity contribution in [2.24, 2.45) is 0 Å². The van der Waals surface area contributed by atoms with Gasteiger partial charge in [0, 0.05) is 29.3 Å². The molecule has 1 atom stereocenters. The largest absolute Gasteiger partial charge is 0.469 e. The van der Waals surface area contributed by atoms with Gasteiger partial charge in [-0.3, -0.25) is 14.4 Å². The predicted molar refractivity (Wildman–Crippen MR) is 161 cm³/mol. The number of halogens is 3. The number of anilines is 1. The second-order valence-corrected chi connectivity index (χ2v) is 10.4. The molecule has 4 rings (SSSR count). The lowest BCUT2D eigenvalue weighted by Gasteiger charge is -2.17. The third kappa shape index (κ3) is 7.51. The minimum atomic E-state index is -1.26. The maximum Gasteiger partial charge on any atom is 0.308 e. The van der Waals surface area contributed by atoms with Crippen molar-refractivity contribution in [1.82, 2.24) is 4.57 Å². The predicted octanol–water partition coefficient (Wildman–Crippen LogP) is 6.97. The van der Waals surface area contributed by atoms with Crippen LogP contribution in [0.1, 0.15) is 48.9 Å². The number of rotatable bonds is 11. The number of nitrogens with zero attached hydrogens (tertiary/aromatic N) is 1. The minimum Gasteiger partial charge on any atom is -0.469 e. The highest BCUT2D eigenvalue weighted by Crippen LogP contribution is 2.43. The molecule has 1 heterocycles. The zero-order valence-corrected chi connectivity index (χ0v) is 24.3. The van der Waals surface area contributed by atoms with Gasteiger partial charge in [0.25, 0.3) is 5.91 Å². The Kier molecular flexibility index (Phi) is 10.2. The molecular formula is C34H31F3N2O5. The lowest BCUT2D eigenvalue weighted by molar-refractivity contribution is -0.143. The zero-order chi connectivity index (χ0) is 32.0. The maximum absolute atomic E-state index is 14.0. The Hall–Kier alpha value is -4.96. The molecule has 44 heavy (non-hydrogen) atoms. The highest BCUT2D eigenvalue weighted by Gasteiger charge is 2.29. The number of allylic oxidation sites excluding steroid dienone is 1. The summed E-state index contributed by atoms with van der Waals surface area (Å²) in [6, 6.07) is 16.0. The van der Waals surface area contributed by atoms with Gasteiger partial charge in [0.1, 0.15) is 23.1 Å². The monoisotopic (exact) mass is 604 g/mol. The standard InChI is InChI=1S/C34H31F3N2O5/c1-20(2)39-29(17-16-27(40)18-28(41)19-30(42)44-3)31(21-4-8-23(35)9-5-21)32(22-6-10-24(36)11-7-22)33(39)34(43)38-26-14-12-25(37)13-15-26/h4-17,20,28,41H,18-19H2,1-3H3,(H,38,43). The van der Waals surface area contributed by atoms with Gasteiger partial charge in [-0.1, -0.05) is 24.3 Å². The highest BCUT2D eigenvalue weighted by atomic mass is 19.1. The van der Waals surface area contributed by atoms with E-state index in [0.29, 0.717) is 33.6 Å². The van der Waals surface area contributed by atoms with E-state index in [9.17, 15) is 32.7 Å². The van der Waals surface area contributed by atoms with Crippen molar-refractivity contribution in [2.75, 3.05) is 12.4 Å². The van der Waals surface area contributed by atoms with Crippen molar-refractivity contribution in [3.63, 3.8) is 0 Å². The molecule has 0 bridgehead atoms. The Morgan fingerprint density at radius 2 is 1.32 bits per heavy atom. The van der Waals surface area contributed by atoms with Crippen molar-refractivity contribution in [1.29, 1.82) is 0 Å². The topological polar surface area (TPSA) is 97.6 Å². The molecule has 7 nitrogen and oxygen atoms in total. The van der Waals surface area contributed by atoms with E-state index in [1.165, 1.54) is 92.1 Å². The first-order chi connectivity index (χ1) is 21.0. The molecule has 10 heteroatoms. The molecule has 0 saturated carbocycles. The molecule has 0 fully saturated rings. The zero-order valence-electron chi connectivity index (χ0n) is 24.3. The molecule has 0 radical (unpaired) electrons. The van der Waals surface area contributed by atoms with Crippen LogP contribution in [0, 0.1) is 17.5 Å². The summed E-state index contributed by atoms with van der Waals surface area (Å²) < 4.78 is 47.9. The number of carbonyl (C=O) groups is 3. The van der Waals surface area contributed by atoms with Crippen LogP contribution in [0.15, 0.2) is 78.9 Å². The number of aliphatic hydroxyl groups excluding tert-OH is 1. The number of amides is 1. The fourth-order valence-corrected chi connectivity index (χ4v) is 4.88. The van der Waals surface area contributed by atoms with E-state index in [0.717, 1.165) is 0 Å². The van der Waals surface area contributed by atoms with Crippen LogP contribution < -0.4 is 5.32 Å². The number of benzene rings is 3. The van der Waals surface area contributed by atoms with Crippen LogP contribution in [0.4, 0.5) is 18.9 Å². The van der Waals surface area contributed by atoms with Crippen molar-refractivity contribution in [2.45, 2.75) is 38.8 Å². The minimum absolute atomic E-state index is 0.160. The van der Waals surface area contributed by atoms with Crippen LogP contribution in [0.5, 0.6) is 0 Å². The van der Waals surface area contributed by atoms with E-state index in [-0.39, 0.29) is 24.6 Å². The highest BCUT2D eigenvalue weighted by molar-refractivity contribution is 6.12. The third-order valence-corrected chi connectivity index (χ3v) is 6.84. The summed E-state index contributed by atoms with van der Waals surface area (Å²) in [6.07, 6.45) is 0.746. The Morgan fingerprint density at radius 3 is 1.82 bits per heavy atom. The fourth-order valence-electron chi connectivity index (χ4n) is 4.88. The molecule has 0 spiro atoms. The van der Waals surface area contributed by atoms with Gasteiger partial charge >= 0.3 is 5.97 Å². The van der Waals surface area contributed by atoms with Gasteiger partial charge in [-0.2, -0.15) is 0 Å². The van der Waals surface area contributed by atoms with E-state index in [1.54, 1.807) is 4.57 Å². The van der Waals surface area contributed by atoms with Gasteiger partial charge in [-0.15, -0.1) is 0 Å². The number of ketones is 1. The summed E-state index contributed by atoms with van der Waals surface area (Å²) >= 11 is 0. The molecule has 1 unspecified atom stereocenters. The van der Waals surface area contributed by atoms with Gasteiger partial charge in [0.05, 0.1) is 25.3 Å². The number of hydrogen-bond acceptors (Lipinski definition) is 5. The number of esters is 1. The molecular weight excluding hydrogens is 573 g/mol. The molecule has 1 amide bonds. The molecule has 3 aromatic carbocycles. The van der Waals surface area contributed by atoms with E-state index in [1.807, 2.05) is 13.8 Å². The summed E-state index contributed by atoms with van der Waals surface area (Å²) in [5.74, 6) is -3.18. The molecule has 228 valence electrons. The summed E-state index contributed by atoms with van der Waals surface area (Å²) in [4.78, 5) is 38.4. The molecule has 0 aliphatic rings. The Labute approximate surface area is 252 Å². The van der Waals surface area contributed by atoms with Gasteiger partial charge in [-0.05, 0) is 85.7 Å². The third-order valence-electron chi connectivity index (χ3n) is 6.84. The number of ether oxygens (including phenoxy) is 1. The van der Waals surface area contributed by atoms with Gasteiger partial charge < -0.3 is 19.7 Å². The molecule has 2 N–H and O–H groups in total. The van der Waals surface area contributed by atoms with Crippen molar-refractivity contribution in [3.05, 3.63) is 108 Å². The summed E-state index contributed by atoms with van der Waals surface area (Å²) in [5, 5.41) is 13.0. The molecule has 0 aliphatic carbocycles. The van der Waals surface area contributed by atoms with E-state index >= 15 is 0 Å². The van der Waals surface area contributed by atoms with Gasteiger partial charge in [-0.25, -0.2) is 13.2 Å². The number of aliphatic hydroxyl groups is 1. The quantitative estimate of drug-likeness (QED) is 0.142. The Morgan fingerprint density at radius 1 is 0.818 bits per heavy atom. The lowest BCUT2D eigenvalue weighted by Crippen LogP contribution is -2.20. The number of aromatic nitrogens is 1. The number of nitrogens with one attached hydrogen (secondary N) is 1. The smallest absolute Gasteiger partial charge is 0.308 e. The van der Waals surface area contributed by atoms with E-state index in [2.05, 4.69) is 10.1 Å². The van der Waals surface area contributed by atoms with Crippen LogP contribution in [0.2, 0.25) is 0 Å². The SMILES string of the molecule is COC(=O)CC(O)CC(=O)C=Cc1c(-c2ccc(F)cc2)c(-c2ccc(F)cc2)c(C(=O)Nc2ccc(F)cc2)n1C(C)C. The van der Waals surface area contributed by atoms with Crippen molar-refractivity contribution >= 4 is 29.4 Å². The fraction of sp³-hybridized carbons (Fsp3) is 0.206. The first kappa shape index (κ1) is 32.0. The maximum atomic E-state index is 14.0. The number of methoxy groups -OCH3 is 1. The van der Waals surface area contributed by atoms with Gasteiger partial charge in [0.15, 0.2) is 5.78 Å². The normalized spacial score (nSPS) is 12.0. The second kappa shape index (κ2) is 14.0. The van der Waals surface area contributed by atoms with Crippen LogP contribution in [0.3, 0.4) is 0 Å². The summed E-state index contributed by atoms with van der Waals surface area (Å²) in [5.41, 5.74) is 2.74. The Balaban J connectivity index is 1.95. The molecule has 0 saturated heterocycles. The van der Waals surface area contributed by atoms with E-state index in [4.69, 9.17) is 0 Å². The molecule has 0 aliphatic heterocycles. The number of hydrogen-bond donors (Lipinski definition) is 2. The lowest BCUT2D eigenvalue weighted by atomic mass is 9.94. The number of carbonyl (C=O) groups excluding carboxylic acids is 3. The van der Waals surface area contributed by atoms with Crippen molar-refractivity contribution in [3.8, 4) is 22.3 Å². The average Bonchev–Trinajstić information content (AvgIpc) is 3.33.